The molecule has 2 aromatic heterocycles. The second-order valence-electron chi connectivity index (χ2n) is 2.35. The first-order valence-electron chi connectivity index (χ1n) is 3.23. The summed E-state index contributed by atoms with van der Waals surface area (Å²) in [4.78, 5) is 0. The van der Waals surface area contributed by atoms with Gasteiger partial charge in [-0.15, -0.1) is 15.3 Å². The van der Waals surface area contributed by atoms with Crippen molar-refractivity contribution in [3.8, 4) is 5.88 Å². The molecule has 62 valence electrons. The number of aryl methyl sites for hydroxylation is 1. The van der Waals surface area contributed by atoms with E-state index < -0.39 is 0 Å². The van der Waals surface area contributed by atoms with Crippen LogP contribution in [0, 0.1) is 0 Å². The molecule has 0 fully saturated rings. The molecule has 0 unspecified atom stereocenters. The summed E-state index contributed by atoms with van der Waals surface area (Å²) in [7, 11) is 1.67. The van der Waals surface area contributed by atoms with Crippen LogP contribution in [-0.4, -0.2) is 25.1 Å². The quantitative estimate of drug-likeness (QED) is 0.656. The van der Waals surface area contributed by atoms with Gasteiger partial charge in [-0.25, -0.2) is 4.68 Å². The highest BCUT2D eigenvalue weighted by atomic mass is 35.5. The fourth-order valence-electron chi connectivity index (χ4n) is 1.01. The van der Waals surface area contributed by atoms with Crippen LogP contribution >= 0.6 is 11.6 Å². The molecule has 12 heavy (non-hydrogen) atoms. The Kier molecular flexibility index (Phi) is 1.41. The van der Waals surface area contributed by atoms with Gasteiger partial charge in [-0.05, 0) is 6.07 Å². The molecule has 0 saturated heterocycles. The number of rotatable bonds is 0. The van der Waals surface area contributed by atoms with Gasteiger partial charge in [0, 0.05) is 7.05 Å². The number of nitrogens with zero attached hydrogens (tertiary/aromatic N) is 4. The van der Waals surface area contributed by atoms with Crippen molar-refractivity contribution in [2.75, 3.05) is 0 Å². The Hall–Kier alpha value is -1.36. The zero-order valence-electron chi connectivity index (χ0n) is 6.19. The van der Waals surface area contributed by atoms with E-state index in [0.29, 0.717) is 11.0 Å². The van der Waals surface area contributed by atoms with E-state index in [2.05, 4.69) is 15.3 Å². The largest absolute Gasteiger partial charge is 0.492 e. The van der Waals surface area contributed by atoms with Gasteiger partial charge in [0.1, 0.15) is 0 Å². The molecule has 0 bridgehead atoms. The lowest BCUT2D eigenvalue weighted by Crippen LogP contribution is -1.92. The Balaban J connectivity index is 2.90. The van der Waals surface area contributed by atoms with Crippen LogP contribution in [0.25, 0.3) is 11.0 Å². The average molecular weight is 185 g/mol. The van der Waals surface area contributed by atoms with E-state index in [1.165, 1.54) is 10.7 Å². The van der Waals surface area contributed by atoms with Crippen LogP contribution in [0.3, 0.4) is 0 Å². The van der Waals surface area contributed by atoms with E-state index in [-0.39, 0.29) is 11.0 Å². The van der Waals surface area contributed by atoms with Crippen LogP contribution in [0.1, 0.15) is 0 Å². The minimum absolute atomic E-state index is 0.0794. The van der Waals surface area contributed by atoms with Gasteiger partial charge in [0.2, 0.25) is 5.88 Å². The summed E-state index contributed by atoms with van der Waals surface area (Å²) in [5.74, 6) is -0.0794. The van der Waals surface area contributed by atoms with Crippen molar-refractivity contribution in [1.82, 2.24) is 20.0 Å². The number of fused-ring (bicyclic) bond motifs is 1. The smallest absolute Gasteiger partial charge is 0.240 e. The van der Waals surface area contributed by atoms with E-state index in [0.717, 1.165) is 0 Å². The minimum Gasteiger partial charge on any atom is -0.492 e. The number of halogens is 1. The number of aromatic hydroxyl groups is 1. The van der Waals surface area contributed by atoms with E-state index in [9.17, 15) is 5.11 Å². The molecule has 2 heterocycles. The predicted octanol–water partition coefficient (Wildman–Crippen LogP) is 0.722. The van der Waals surface area contributed by atoms with Gasteiger partial charge in [0.25, 0.3) is 0 Å². The van der Waals surface area contributed by atoms with Crippen molar-refractivity contribution in [2.24, 2.45) is 7.05 Å². The Morgan fingerprint density at radius 1 is 1.50 bits per heavy atom. The molecule has 1 N–H and O–H groups in total. The first-order valence-corrected chi connectivity index (χ1v) is 3.61. The Bertz CT molecular complexity index is 438. The topological polar surface area (TPSA) is 63.8 Å². The Labute approximate surface area is 72.6 Å². The molecule has 2 aromatic rings. The summed E-state index contributed by atoms with van der Waals surface area (Å²) >= 11 is 5.58. The van der Waals surface area contributed by atoms with E-state index >= 15 is 0 Å². The lowest BCUT2D eigenvalue weighted by atomic mass is 10.4. The van der Waals surface area contributed by atoms with Crippen LogP contribution in [0.2, 0.25) is 5.15 Å². The van der Waals surface area contributed by atoms with Gasteiger partial charge in [-0.1, -0.05) is 11.6 Å². The molecule has 0 amide bonds. The maximum atomic E-state index is 9.26. The van der Waals surface area contributed by atoms with Crippen LogP contribution in [-0.2, 0) is 7.05 Å². The predicted molar refractivity (Wildman–Crippen MR) is 43.0 cm³/mol. The van der Waals surface area contributed by atoms with Crippen molar-refractivity contribution >= 4 is 22.6 Å². The molecular weight excluding hydrogens is 180 g/mol. The summed E-state index contributed by atoms with van der Waals surface area (Å²) in [5, 5.41) is 21.1. The number of aromatic nitrogens is 4. The maximum Gasteiger partial charge on any atom is 0.240 e. The zero-order chi connectivity index (χ0) is 8.72. The van der Waals surface area contributed by atoms with Gasteiger partial charge in [0.05, 0.1) is 5.39 Å². The average Bonchev–Trinajstić information content (AvgIpc) is 2.28. The van der Waals surface area contributed by atoms with Gasteiger partial charge in [-0.2, -0.15) is 0 Å². The standard InChI is InChI=1S/C6H5ClN4O/c1-11-5-3(6(12)10-11)2-4(7)8-9-5/h2H,1H3,(H,10,12). The highest BCUT2D eigenvalue weighted by Gasteiger charge is 2.08. The second kappa shape index (κ2) is 2.31. The maximum absolute atomic E-state index is 9.26. The summed E-state index contributed by atoms with van der Waals surface area (Å²) < 4.78 is 1.44. The van der Waals surface area contributed by atoms with E-state index in [4.69, 9.17) is 11.6 Å². The SMILES string of the molecule is Cn1nc(O)c2cc(Cl)nnc21. The molecule has 0 aromatic carbocycles. The number of hydrogen-bond acceptors (Lipinski definition) is 4. The van der Waals surface area contributed by atoms with Crippen molar-refractivity contribution in [3.63, 3.8) is 0 Å². The molecule has 0 aliphatic rings. The normalized spacial score (nSPS) is 10.8. The minimum atomic E-state index is -0.0794. The Morgan fingerprint density at radius 2 is 2.25 bits per heavy atom. The molecule has 0 atom stereocenters. The molecule has 0 aliphatic carbocycles. The monoisotopic (exact) mass is 184 g/mol. The third-order valence-corrected chi connectivity index (χ3v) is 1.72. The van der Waals surface area contributed by atoms with E-state index in [1.807, 2.05) is 0 Å². The van der Waals surface area contributed by atoms with Gasteiger partial charge < -0.3 is 5.11 Å². The summed E-state index contributed by atoms with van der Waals surface area (Å²) in [6, 6.07) is 1.52. The second-order valence-corrected chi connectivity index (χ2v) is 2.74. The highest BCUT2D eigenvalue weighted by molar-refractivity contribution is 6.29. The number of hydrogen-bond donors (Lipinski definition) is 1. The molecule has 0 radical (unpaired) electrons. The molecule has 5 nitrogen and oxygen atoms in total. The van der Waals surface area contributed by atoms with Crippen molar-refractivity contribution in [1.29, 1.82) is 0 Å². The van der Waals surface area contributed by atoms with Crippen molar-refractivity contribution < 1.29 is 5.11 Å². The van der Waals surface area contributed by atoms with Crippen molar-refractivity contribution in [3.05, 3.63) is 11.2 Å². The van der Waals surface area contributed by atoms with Gasteiger partial charge >= 0.3 is 0 Å². The van der Waals surface area contributed by atoms with Gasteiger partial charge in [0.15, 0.2) is 10.8 Å². The van der Waals surface area contributed by atoms with E-state index in [1.54, 1.807) is 7.05 Å². The molecule has 0 saturated carbocycles. The summed E-state index contributed by atoms with van der Waals surface area (Å²) in [6.07, 6.45) is 0. The molecular formula is C6H5ClN4O. The molecule has 6 heteroatoms. The van der Waals surface area contributed by atoms with Crippen LogP contribution in [0.15, 0.2) is 6.07 Å². The fraction of sp³-hybridized carbons (Fsp3) is 0.167. The molecule has 0 spiro atoms. The third-order valence-electron chi connectivity index (χ3n) is 1.54. The van der Waals surface area contributed by atoms with Gasteiger partial charge in [-0.3, -0.25) is 0 Å². The highest BCUT2D eigenvalue weighted by Crippen LogP contribution is 2.22. The first-order chi connectivity index (χ1) is 5.68. The molecule has 0 aliphatic heterocycles. The van der Waals surface area contributed by atoms with Crippen LogP contribution in [0.4, 0.5) is 0 Å². The van der Waals surface area contributed by atoms with Crippen LogP contribution in [0.5, 0.6) is 5.88 Å². The fourth-order valence-corrected chi connectivity index (χ4v) is 1.16. The molecule has 2 rings (SSSR count). The van der Waals surface area contributed by atoms with Crippen LogP contribution < -0.4 is 0 Å². The Morgan fingerprint density at radius 3 is 3.00 bits per heavy atom. The zero-order valence-corrected chi connectivity index (χ0v) is 6.95. The lowest BCUT2D eigenvalue weighted by Gasteiger charge is -1.89. The summed E-state index contributed by atoms with van der Waals surface area (Å²) in [5.41, 5.74) is 0.511. The lowest BCUT2D eigenvalue weighted by molar-refractivity contribution is 0.449. The first kappa shape index (κ1) is 7.30. The third kappa shape index (κ3) is 0.902. The van der Waals surface area contributed by atoms with Crippen molar-refractivity contribution in [2.45, 2.75) is 0 Å². The summed E-state index contributed by atoms with van der Waals surface area (Å²) in [6.45, 7) is 0.